The van der Waals surface area contributed by atoms with Gasteiger partial charge in [-0.2, -0.15) is 0 Å². The molecule has 0 spiro atoms. The van der Waals surface area contributed by atoms with E-state index in [1.165, 1.54) is 12.0 Å². The third-order valence-corrected chi connectivity index (χ3v) is 3.36. The first-order chi connectivity index (χ1) is 7.76. The topological polar surface area (TPSA) is 55.0 Å². The number of nitrogens with two attached hydrogens (primary N) is 1. The summed E-state index contributed by atoms with van der Waals surface area (Å²) < 4.78 is 0. The summed E-state index contributed by atoms with van der Waals surface area (Å²) in [7, 11) is 0. The Bertz CT molecular complexity index is 364. The Morgan fingerprint density at radius 3 is 3.00 bits per heavy atom. The normalized spacial score (nSPS) is 20.4. The molecule has 0 radical (unpaired) electrons. The van der Waals surface area contributed by atoms with Crippen molar-refractivity contribution in [1.82, 2.24) is 9.97 Å². The zero-order valence-electron chi connectivity index (χ0n) is 10.1. The molecule has 1 aliphatic rings. The van der Waals surface area contributed by atoms with Crippen molar-refractivity contribution < 1.29 is 0 Å². The van der Waals surface area contributed by atoms with E-state index in [9.17, 15) is 0 Å². The maximum atomic E-state index is 5.76. The van der Waals surface area contributed by atoms with E-state index in [1.807, 2.05) is 6.20 Å². The third kappa shape index (κ3) is 2.02. The van der Waals surface area contributed by atoms with Crippen LogP contribution < -0.4 is 10.6 Å². The highest BCUT2D eigenvalue weighted by molar-refractivity contribution is 5.36. The Morgan fingerprint density at radius 2 is 2.38 bits per heavy atom. The number of aromatic nitrogens is 2. The summed E-state index contributed by atoms with van der Waals surface area (Å²) in [5.41, 5.74) is 8.08. The summed E-state index contributed by atoms with van der Waals surface area (Å²) in [5.74, 6) is 0.850. The zero-order valence-corrected chi connectivity index (χ0v) is 10.1. The second-order valence-electron chi connectivity index (χ2n) is 4.36. The summed E-state index contributed by atoms with van der Waals surface area (Å²) in [6, 6.07) is 0.423. The molecule has 0 bridgehead atoms. The maximum Gasteiger partial charge on any atom is 0.225 e. The fourth-order valence-electron chi connectivity index (χ4n) is 2.31. The second-order valence-corrected chi connectivity index (χ2v) is 4.36. The smallest absolute Gasteiger partial charge is 0.225 e. The van der Waals surface area contributed by atoms with Crippen molar-refractivity contribution >= 4 is 5.95 Å². The monoisotopic (exact) mass is 220 g/mol. The van der Waals surface area contributed by atoms with Crippen molar-refractivity contribution in [3.05, 3.63) is 17.5 Å². The minimum absolute atomic E-state index is 0.423. The summed E-state index contributed by atoms with van der Waals surface area (Å²) in [4.78, 5) is 11.3. The van der Waals surface area contributed by atoms with Crippen LogP contribution in [0.5, 0.6) is 0 Å². The van der Waals surface area contributed by atoms with Gasteiger partial charge in [0.1, 0.15) is 0 Å². The number of hydrogen-bond donors (Lipinski definition) is 1. The molecule has 1 saturated heterocycles. The highest BCUT2D eigenvalue weighted by atomic mass is 15.3. The van der Waals surface area contributed by atoms with Crippen LogP contribution in [-0.4, -0.2) is 29.1 Å². The average molecular weight is 220 g/mol. The Balaban J connectivity index is 2.23. The third-order valence-electron chi connectivity index (χ3n) is 3.36. The maximum absolute atomic E-state index is 5.76. The van der Waals surface area contributed by atoms with Gasteiger partial charge in [0.05, 0.1) is 0 Å². The van der Waals surface area contributed by atoms with E-state index in [1.54, 1.807) is 0 Å². The molecule has 4 nitrogen and oxygen atoms in total. The zero-order chi connectivity index (χ0) is 11.5. The molecular weight excluding hydrogens is 200 g/mol. The highest BCUT2D eigenvalue weighted by Gasteiger charge is 2.25. The first-order valence-corrected chi connectivity index (χ1v) is 6.05. The molecule has 2 heterocycles. The highest BCUT2D eigenvalue weighted by Crippen LogP contribution is 2.22. The van der Waals surface area contributed by atoms with Gasteiger partial charge in [-0.3, -0.25) is 0 Å². The van der Waals surface area contributed by atoms with Crippen LogP contribution in [0.4, 0.5) is 5.95 Å². The van der Waals surface area contributed by atoms with Crippen molar-refractivity contribution in [2.24, 2.45) is 5.73 Å². The predicted octanol–water partition coefficient (Wildman–Crippen LogP) is 1.27. The molecule has 1 atom stereocenters. The van der Waals surface area contributed by atoms with E-state index in [0.717, 1.165) is 31.0 Å². The molecule has 4 heteroatoms. The molecule has 2 N–H and O–H groups in total. The quantitative estimate of drug-likeness (QED) is 0.833. The minimum atomic E-state index is 0.423. The Kier molecular flexibility index (Phi) is 3.39. The van der Waals surface area contributed by atoms with E-state index in [4.69, 9.17) is 5.73 Å². The van der Waals surface area contributed by atoms with Crippen LogP contribution in [-0.2, 0) is 6.42 Å². The molecule has 0 aromatic carbocycles. The fourth-order valence-corrected chi connectivity index (χ4v) is 2.31. The van der Waals surface area contributed by atoms with E-state index in [0.29, 0.717) is 12.6 Å². The van der Waals surface area contributed by atoms with Gasteiger partial charge < -0.3 is 10.6 Å². The van der Waals surface area contributed by atoms with Gasteiger partial charge >= 0.3 is 0 Å². The van der Waals surface area contributed by atoms with Crippen molar-refractivity contribution in [3.8, 4) is 0 Å². The minimum Gasteiger partial charge on any atom is -0.337 e. The number of nitrogens with zero attached hydrogens (tertiary/aromatic N) is 3. The molecule has 0 amide bonds. The van der Waals surface area contributed by atoms with Gasteiger partial charge in [-0.25, -0.2) is 9.97 Å². The number of hydrogen-bond acceptors (Lipinski definition) is 4. The van der Waals surface area contributed by atoms with Crippen LogP contribution in [0.1, 0.15) is 31.0 Å². The van der Waals surface area contributed by atoms with Crippen LogP contribution in [0, 0.1) is 6.92 Å². The predicted molar refractivity (Wildman–Crippen MR) is 65.6 cm³/mol. The number of aryl methyl sites for hydroxylation is 2. The summed E-state index contributed by atoms with van der Waals surface area (Å²) >= 11 is 0. The number of rotatable bonds is 3. The SMILES string of the molecule is CCc1cnc(N2CCCC2CN)nc1C. The lowest BCUT2D eigenvalue weighted by molar-refractivity contribution is 0.662. The van der Waals surface area contributed by atoms with E-state index in [-0.39, 0.29) is 0 Å². The Labute approximate surface area is 96.9 Å². The molecule has 0 aliphatic carbocycles. The molecular formula is C12H20N4. The second kappa shape index (κ2) is 4.78. The molecule has 88 valence electrons. The van der Waals surface area contributed by atoms with Gasteiger partial charge in [-0.1, -0.05) is 6.92 Å². The summed E-state index contributed by atoms with van der Waals surface area (Å²) in [6.45, 7) is 5.91. The molecule has 0 saturated carbocycles. The van der Waals surface area contributed by atoms with Crippen molar-refractivity contribution in [2.45, 2.75) is 39.2 Å². The lowest BCUT2D eigenvalue weighted by Gasteiger charge is -2.23. The van der Waals surface area contributed by atoms with E-state index >= 15 is 0 Å². The van der Waals surface area contributed by atoms with Gasteiger partial charge in [0.25, 0.3) is 0 Å². The summed E-state index contributed by atoms with van der Waals surface area (Å²) in [5, 5.41) is 0. The largest absolute Gasteiger partial charge is 0.337 e. The van der Waals surface area contributed by atoms with Crippen molar-refractivity contribution in [1.29, 1.82) is 0 Å². The van der Waals surface area contributed by atoms with Crippen molar-refractivity contribution in [3.63, 3.8) is 0 Å². The molecule has 1 unspecified atom stereocenters. The van der Waals surface area contributed by atoms with Crippen LogP contribution in [0.2, 0.25) is 0 Å². The molecule has 2 rings (SSSR count). The van der Waals surface area contributed by atoms with Gasteiger partial charge in [0.2, 0.25) is 5.95 Å². The first kappa shape index (κ1) is 11.3. The standard InChI is InChI=1S/C12H20N4/c1-3-10-8-14-12(15-9(10)2)16-6-4-5-11(16)7-13/h8,11H,3-7,13H2,1-2H3. The Morgan fingerprint density at radius 1 is 1.56 bits per heavy atom. The van der Waals surface area contributed by atoms with Crippen LogP contribution in [0.25, 0.3) is 0 Å². The molecule has 16 heavy (non-hydrogen) atoms. The van der Waals surface area contributed by atoms with Crippen molar-refractivity contribution in [2.75, 3.05) is 18.0 Å². The van der Waals surface area contributed by atoms with E-state index in [2.05, 4.69) is 28.7 Å². The van der Waals surface area contributed by atoms with Gasteiger partial charge in [-0.15, -0.1) is 0 Å². The lowest BCUT2D eigenvalue weighted by Crippen LogP contribution is -2.36. The van der Waals surface area contributed by atoms with Gasteiger partial charge in [-0.05, 0) is 31.7 Å². The molecule has 1 aromatic rings. The first-order valence-electron chi connectivity index (χ1n) is 6.05. The molecule has 1 fully saturated rings. The fraction of sp³-hybridized carbons (Fsp3) is 0.667. The molecule has 1 aliphatic heterocycles. The van der Waals surface area contributed by atoms with Crippen LogP contribution in [0.3, 0.4) is 0 Å². The van der Waals surface area contributed by atoms with Crippen LogP contribution >= 0.6 is 0 Å². The van der Waals surface area contributed by atoms with Gasteiger partial charge in [0.15, 0.2) is 0 Å². The Hall–Kier alpha value is -1.16. The number of anilines is 1. The lowest BCUT2D eigenvalue weighted by atomic mass is 10.2. The van der Waals surface area contributed by atoms with Crippen LogP contribution in [0.15, 0.2) is 6.20 Å². The molecule has 1 aromatic heterocycles. The average Bonchev–Trinajstić information content (AvgIpc) is 2.77. The van der Waals surface area contributed by atoms with E-state index < -0.39 is 0 Å². The van der Waals surface area contributed by atoms with Gasteiger partial charge in [0, 0.05) is 31.0 Å². The summed E-state index contributed by atoms with van der Waals surface area (Å²) in [6.07, 6.45) is 5.30.